The molecule has 0 saturated carbocycles. The lowest BCUT2D eigenvalue weighted by molar-refractivity contribution is 0.00346. The minimum absolute atomic E-state index is 0.0822. The summed E-state index contributed by atoms with van der Waals surface area (Å²) in [6.45, 7) is 1.24. The van der Waals surface area contributed by atoms with E-state index in [-0.39, 0.29) is 5.91 Å². The van der Waals surface area contributed by atoms with E-state index in [1.54, 1.807) is 36.3 Å². The molecule has 0 radical (unpaired) electrons. The molecule has 1 aromatic carbocycles. The maximum absolute atomic E-state index is 12.2. The molecule has 1 aromatic rings. The fourth-order valence-corrected chi connectivity index (χ4v) is 1.83. The molecule has 5 nitrogen and oxygen atoms in total. The molecule has 1 heterocycles. The van der Waals surface area contributed by atoms with Gasteiger partial charge in [0.05, 0.1) is 26.3 Å². The Balaban J connectivity index is 2.08. The Labute approximate surface area is 106 Å². The summed E-state index contributed by atoms with van der Waals surface area (Å²) in [7, 11) is 1.58. The number of hydrogen-bond acceptors (Lipinski definition) is 4. The van der Waals surface area contributed by atoms with Crippen LogP contribution in [0.15, 0.2) is 24.3 Å². The number of carbonyl (C=O) groups excluding carboxylic acids is 1. The van der Waals surface area contributed by atoms with Crippen molar-refractivity contribution in [1.29, 1.82) is 5.26 Å². The predicted octanol–water partition coefficient (Wildman–Crippen LogP) is 1.06. The van der Waals surface area contributed by atoms with Gasteiger partial charge < -0.3 is 14.4 Å². The zero-order valence-electron chi connectivity index (χ0n) is 10.1. The number of morpholine rings is 1. The highest BCUT2D eigenvalue weighted by Crippen LogP contribution is 2.14. The highest BCUT2D eigenvalue weighted by molar-refractivity contribution is 5.94. The van der Waals surface area contributed by atoms with Crippen LogP contribution in [-0.2, 0) is 4.74 Å². The van der Waals surface area contributed by atoms with Crippen LogP contribution in [0, 0.1) is 11.3 Å². The van der Waals surface area contributed by atoms with Crippen LogP contribution in [0.3, 0.4) is 0 Å². The summed E-state index contributed by atoms with van der Waals surface area (Å²) in [6, 6.07) is 8.95. The summed E-state index contributed by atoms with van der Waals surface area (Å²) in [5.74, 6) is 0.629. The van der Waals surface area contributed by atoms with Crippen molar-refractivity contribution in [1.82, 2.24) is 4.90 Å². The van der Waals surface area contributed by atoms with Crippen molar-refractivity contribution in [3.63, 3.8) is 0 Å². The number of ether oxygens (including phenoxy) is 2. The van der Waals surface area contributed by atoms with Gasteiger partial charge in [0, 0.05) is 12.1 Å². The Morgan fingerprint density at radius 1 is 1.50 bits per heavy atom. The Kier molecular flexibility index (Phi) is 3.80. The molecule has 18 heavy (non-hydrogen) atoms. The maximum atomic E-state index is 12.2. The van der Waals surface area contributed by atoms with Crippen molar-refractivity contribution in [2.45, 2.75) is 6.10 Å². The molecule has 0 spiro atoms. The third-order valence-corrected chi connectivity index (χ3v) is 2.83. The first kappa shape index (κ1) is 12.4. The number of rotatable bonds is 2. The summed E-state index contributed by atoms with van der Waals surface area (Å²) < 4.78 is 10.2. The Morgan fingerprint density at radius 3 is 2.83 bits per heavy atom. The third-order valence-electron chi connectivity index (χ3n) is 2.83. The SMILES string of the molecule is COc1ccc(C(=O)N2CCOC(C#N)C2)cc1. The monoisotopic (exact) mass is 246 g/mol. The van der Waals surface area contributed by atoms with Gasteiger partial charge in [-0.1, -0.05) is 0 Å². The number of benzene rings is 1. The minimum Gasteiger partial charge on any atom is -0.497 e. The van der Waals surface area contributed by atoms with Gasteiger partial charge in [0.2, 0.25) is 0 Å². The molecular weight excluding hydrogens is 232 g/mol. The molecule has 1 aliphatic rings. The maximum Gasteiger partial charge on any atom is 0.254 e. The van der Waals surface area contributed by atoms with Crippen LogP contribution in [0.1, 0.15) is 10.4 Å². The summed E-state index contributed by atoms with van der Waals surface area (Å²) in [5, 5.41) is 8.80. The molecule has 1 unspecified atom stereocenters. The zero-order valence-corrected chi connectivity index (χ0v) is 10.1. The van der Waals surface area contributed by atoms with Crippen LogP contribution in [0.2, 0.25) is 0 Å². The highest BCUT2D eigenvalue weighted by atomic mass is 16.5. The van der Waals surface area contributed by atoms with Gasteiger partial charge in [-0.05, 0) is 24.3 Å². The smallest absolute Gasteiger partial charge is 0.254 e. The van der Waals surface area contributed by atoms with Gasteiger partial charge in [0.1, 0.15) is 5.75 Å². The van der Waals surface area contributed by atoms with Crippen LogP contribution in [0.5, 0.6) is 5.75 Å². The van der Waals surface area contributed by atoms with Crippen molar-refractivity contribution < 1.29 is 14.3 Å². The summed E-state index contributed by atoms with van der Waals surface area (Å²) in [5.41, 5.74) is 0.592. The van der Waals surface area contributed by atoms with E-state index in [4.69, 9.17) is 14.7 Å². The van der Waals surface area contributed by atoms with E-state index in [0.29, 0.717) is 31.0 Å². The largest absolute Gasteiger partial charge is 0.497 e. The van der Waals surface area contributed by atoms with Crippen LogP contribution in [0.25, 0.3) is 0 Å². The van der Waals surface area contributed by atoms with Gasteiger partial charge in [-0.3, -0.25) is 4.79 Å². The Bertz CT molecular complexity index is 464. The van der Waals surface area contributed by atoms with Gasteiger partial charge in [0.15, 0.2) is 6.10 Å². The molecule has 2 rings (SSSR count). The normalized spacial score (nSPS) is 19.1. The average molecular weight is 246 g/mol. The van der Waals surface area contributed by atoms with Gasteiger partial charge in [-0.2, -0.15) is 5.26 Å². The lowest BCUT2D eigenvalue weighted by Crippen LogP contribution is -2.45. The first-order valence-electron chi connectivity index (χ1n) is 5.69. The molecule has 1 aliphatic heterocycles. The quantitative estimate of drug-likeness (QED) is 0.782. The van der Waals surface area contributed by atoms with Crippen molar-refractivity contribution >= 4 is 5.91 Å². The van der Waals surface area contributed by atoms with E-state index in [1.165, 1.54) is 0 Å². The fourth-order valence-electron chi connectivity index (χ4n) is 1.83. The molecular formula is C13H14N2O3. The number of hydrogen-bond donors (Lipinski definition) is 0. The first-order valence-corrected chi connectivity index (χ1v) is 5.69. The average Bonchev–Trinajstić information content (AvgIpc) is 2.46. The number of amides is 1. The van der Waals surface area contributed by atoms with Crippen molar-refractivity contribution in [2.24, 2.45) is 0 Å². The molecule has 0 aromatic heterocycles. The lowest BCUT2D eigenvalue weighted by atomic mass is 10.1. The molecule has 5 heteroatoms. The molecule has 0 aliphatic carbocycles. The van der Waals surface area contributed by atoms with Gasteiger partial charge in [-0.15, -0.1) is 0 Å². The minimum atomic E-state index is -0.527. The fraction of sp³-hybridized carbons (Fsp3) is 0.385. The topological polar surface area (TPSA) is 62.6 Å². The van der Waals surface area contributed by atoms with Crippen molar-refractivity contribution in [3.8, 4) is 11.8 Å². The molecule has 1 amide bonds. The first-order chi connectivity index (χ1) is 8.74. The van der Waals surface area contributed by atoms with E-state index in [0.717, 1.165) is 0 Å². The van der Waals surface area contributed by atoms with E-state index >= 15 is 0 Å². The third kappa shape index (κ3) is 2.60. The Morgan fingerprint density at radius 2 is 2.22 bits per heavy atom. The second-order valence-electron chi connectivity index (χ2n) is 3.97. The van der Waals surface area contributed by atoms with Crippen molar-refractivity contribution in [3.05, 3.63) is 29.8 Å². The predicted molar refractivity (Wildman–Crippen MR) is 64.3 cm³/mol. The second kappa shape index (κ2) is 5.52. The van der Waals surface area contributed by atoms with Gasteiger partial charge in [0.25, 0.3) is 5.91 Å². The number of methoxy groups -OCH3 is 1. The molecule has 0 N–H and O–H groups in total. The summed E-state index contributed by atoms with van der Waals surface area (Å²) in [6.07, 6.45) is -0.527. The number of nitriles is 1. The van der Waals surface area contributed by atoms with Crippen molar-refractivity contribution in [2.75, 3.05) is 26.8 Å². The van der Waals surface area contributed by atoms with Gasteiger partial charge in [-0.25, -0.2) is 0 Å². The second-order valence-corrected chi connectivity index (χ2v) is 3.97. The summed E-state index contributed by atoms with van der Waals surface area (Å²) >= 11 is 0. The highest BCUT2D eigenvalue weighted by Gasteiger charge is 2.24. The van der Waals surface area contributed by atoms with Crippen LogP contribution in [0.4, 0.5) is 0 Å². The van der Waals surface area contributed by atoms with Gasteiger partial charge >= 0.3 is 0 Å². The van der Waals surface area contributed by atoms with E-state index in [1.807, 2.05) is 6.07 Å². The summed E-state index contributed by atoms with van der Waals surface area (Å²) in [4.78, 5) is 13.8. The molecule has 1 atom stereocenters. The molecule has 1 fully saturated rings. The molecule has 1 saturated heterocycles. The Hall–Kier alpha value is -2.06. The van der Waals surface area contributed by atoms with E-state index < -0.39 is 6.10 Å². The zero-order chi connectivity index (χ0) is 13.0. The molecule has 0 bridgehead atoms. The number of nitrogens with zero attached hydrogens (tertiary/aromatic N) is 2. The number of carbonyl (C=O) groups is 1. The van der Waals surface area contributed by atoms with E-state index in [2.05, 4.69) is 0 Å². The lowest BCUT2D eigenvalue weighted by Gasteiger charge is -2.29. The standard InChI is InChI=1S/C13H14N2O3/c1-17-11-4-2-10(3-5-11)13(16)15-6-7-18-12(8-14)9-15/h2-5,12H,6-7,9H2,1H3. The van der Waals surface area contributed by atoms with Crippen LogP contribution in [-0.4, -0.2) is 43.7 Å². The van der Waals surface area contributed by atoms with Crippen LogP contribution >= 0.6 is 0 Å². The molecule has 94 valence electrons. The van der Waals surface area contributed by atoms with E-state index in [9.17, 15) is 4.79 Å². The van der Waals surface area contributed by atoms with Crippen LogP contribution < -0.4 is 4.74 Å².